The average molecular weight is 620 g/mol. The molecular weight excluding hydrogens is 585 g/mol. The van der Waals surface area contributed by atoms with Crippen LogP contribution in [0.1, 0.15) is 36.8 Å². The third-order valence-corrected chi connectivity index (χ3v) is 9.92. The van der Waals surface area contributed by atoms with E-state index in [1.807, 2.05) is 0 Å². The molecular formula is C35H34FN7O3. The van der Waals surface area contributed by atoms with E-state index in [9.17, 15) is 14.8 Å². The first-order valence-corrected chi connectivity index (χ1v) is 15.9. The number of pyridine rings is 1. The van der Waals surface area contributed by atoms with Crippen LogP contribution >= 0.6 is 0 Å². The van der Waals surface area contributed by atoms with Crippen LogP contribution in [0.4, 0.5) is 10.2 Å². The van der Waals surface area contributed by atoms with E-state index in [1.54, 1.807) is 12.3 Å². The predicted octanol–water partition coefficient (Wildman–Crippen LogP) is 3.97. The molecule has 234 valence electrons. The Kier molecular flexibility index (Phi) is 7.13. The zero-order chi connectivity index (χ0) is 31.4. The lowest BCUT2D eigenvalue weighted by Crippen LogP contribution is -2.51. The van der Waals surface area contributed by atoms with Gasteiger partial charge in [-0.2, -0.15) is 15.2 Å². The van der Waals surface area contributed by atoms with Gasteiger partial charge in [0.2, 0.25) is 0 Å². The number of rotatable bonds is 7. The van der Waals surface area contributed by atoms with E-state index < -0.39 is 5.82 Å². The van der Waals surface area contributed by atoms with Crippen LogP contribution in [0.5, 0.6) is 11.8 Å². The molecule has 4 aliphatic rings. The SMILES string of the molecule is C#Cc1c(F)ccc2cc(O)cc(-c3cnc4c(N5CC6CCC(C5)N6)nc(OCC5(CN6CCOCC6)CC5)nc4c3C#N)c12. The maximum absolute atomic E-state index is 14.9. The summed E-state index contributed by atoms with van der Waals surface area (Å²) in [6, 6.07) is 9.09. The molecule has 46 heavy (non-hydrogen) atoms. The number of phenolic OH excluding ortho intramolecular Hbond substituents is 1. The summed E-state index contributed by atoms with van der Waals surface area (Å²) in [5.74, 6) is 2.49. The van der Waals surface area contributed by atoms with Crippen molar-refractivity contribution < 1.29 is 19.0 Å². The minimum absolute atomic E-state index is 0.0400. The van der Waals surface area contributed by atoms with E-state index in [0.717, 1.165) is 71.6 Å². The van der Waals surface area contributed by atoms with Gasteiger partial charge in [-0.3, -0.25) is 4.90 Å². The summed E-state index contributed by atoms with van der Waals surface area (Å²) < 4.78 is 26.8. The molecule has 10 nitrogen and oxygen atoms in total. The molecule has 3 saturated heterocycles. The molecule has 2 aromatic carbocycles. The van der Waals surface area contributed by atoms with Crippen molar-refractivity contribution >= 4 is 27.6 Å². The second-order valence-corrected chi connectivity index (χ2v) is 13.1. The lowest BCUT2D eigenvalue weighted by molar-refractivity contribution is 0.0231. The number of aromatic hydroxyl groups is 1. The van der Waals surface area contributed by atoms with Crippen LogP contribution in [0.25, 0.3) is 32.9 Å². The Balaban J connectivity index is 1.25. The maximum Gasteiger partial charge on any atom is 0.319 e. The highest BCUT2D eigenvalue weighted by atomic mass is 19.1. The quantitative estimate of drug-likeness (QED) is 0.294. The molecule has 0 radical (unpaired) electrons. The summed E-state index contributed by atoms with van der Waals surface area (Å²) in [4.78, 5) is 19.2. The van der Waals surface area contributed by atoms with Crippen LogP contribution in [0.2, 0.25) is 0 Å². The van der Waals surface area contributed by atoms with Crippen molar-refractivity contribution in [1.29, 1.82) is 5.26 Å². The number of nitriles is 1. The van der Waals surface area contributed by atoms with Crippen molar-refractivity contribution in [2.45, 2.75) is 37.8 Å². The minimum Gasteiger partial charge on any atom is -0.508 e. The normalized spacial score (nSPS) is 22.1. The zero-order valence-corrected chi connectivity index (χ0v) is 25.4. The van der Waals surface area contributed by atoms with Crippen LogP contribution in [0.15, 0.2) is 30.5 Å². The number of terminal acetylenes is 1. The second kappa shape index (κ2) is 11.4. The first-order valence-electron chi connectivity index (χ1n) is 15.9. The Morgan fingerprint density at radius 3 is 2.59 bits per heavy atom. The van der Waals surface area contributed by atoms with Crippen LogP contribution in [-0.4, -0.2) is 89.6 Å². The molecule has 2 atom stereocenters. The van der Waals surface area contributed by atoms with Gasteiger partial charge in [-0.1, -0.05) is 12.0 Å². The van der Waals surface area contributed by atoms with Crippen molar-refractivity contribution in [3.05, 3.63) is 47.4 Å². The highest BCUT2D eigenvalue weighted by Gasteiger charge is 2.45. The summed E-state index contributed by atoms with van der Waals surface area (Å²) in [6.07, 6.45) is 11.7. The van der Waals surface area contributed by atoms with E-state index in [0.29, 0.717) is 57.4 Å². The van der Waals surface area contributed by atoms with Crippen molar-refractivity contribution in [1.82, 2.24) is 25.2 Å². The summed E-state index contributed by atoms with van der Waals surface area (Å²) in [6.45, 7) is 6.25. The number of benzene rings is 2. The summed E-state index contributed by atoms with van der Waals surface area (Å²) >= 11 is 0. The smallest absolute Gasteiger partial charge is 0.319 e. The number of fused-ring (bicyclic) bond motifs is 4. The van der Waals surface area contributed by atoms with Gasteiger partial charge in [0.25, 0.3) is 0 Å². The van der Waals surface area contributed by atoms with Crippen LogP contribution < -0.4 is 15.0 Å². The molecule has 2 unspecified atom stereocenters. The van der Waals surface area contributed by atoms with Crippen molar-refractivity contribution in [3.8, 4) is 41.3 Å². The lowest BCUT2D eigenvalue weighted by atomic mass is 9.92. The highest BCUT2D eigenvalue weighted by molar-refractivity contribution is 6.05. The number of phenols is 1. The predicted molar refractivity (Wildman–Crippen MR) is 171 cm³/mol. The Morgan fingerprint density at radius 2 is 1.87 bits per heavy atom. The summed E-state index contributed by atoms with van der Waals surface area (Å²) in [5, 5.41) is 25.9. The first-order chi connectivity index (χ1) is 22.4. The van der Waals surface area contributed by atoms with Gasteiger partial charge in [0.05, 0.1) is 30.9 Å². The molecule has 2 bridgehead atoms. The Labute approximate surface area is 266 Å². The monoisotopic (exact) mass is 619 g/mol. The Morgan fingerprint density at radius 1 is 1.09 bits per heavy atom. The number of nitrogens with zero attached hydrogens (tertiary/aromatic N) is 6. The molecule has 8 rings (SSSR count). The van der Waals surface area contributed by atoms with Gasteiger partial charge in [-0.15, -0.1) is 6.42 Å². The van der Waals surface area contributed by atoms with E-state index in [-0.39, 0.29) is 28.3 Å². The molecule has 3 aliphatic heterocycles. The zero-order valence-electron chi connectivity index (χ0n) is 25.4. The number of piperazine rings is 1. The third kappa shape index (κ3) is 5.15. The van der Waals surface area contributed by atoms with Gasteiger partial charge >= 0.3 is 6.01 Å². The molecule has 2 aromatic heterocycles. The number of hydrogen-bond donors (Lipinski definition) is 2. The Bertz CT molecular complexity index is 1930. The van der Waals surface area contributed by atoms with E-state index >= 15 is 0 Å². The Hall–Kier alpha value is -4.55. The number of hydrogen-bond acceptors (Lipinski definition) is 10. The molecule has 5 heterocycles. The number of anilines is 1. The van der Waals surface area contributed by atoms with Crippen LogP contribution in [0, 0.1) is 34.9 Å². The molecule has 4 aromatic rings. The minimum atomic E-state index is -0.561. The van der Waals surface area contributed by atoms with Gasteiger partial charge in [-0.25, -0.2) is 9.37 Å². The van der Waals surface area contributed by atoms with Crippen LogP contribution in [0.3, 0.4) is 0 Å². The number of halogens is 1. The maximum atomic E-state index is 14.9. The fourth-order valence-corrected chi connectivity index (χ4v) is 7.36. The highest BCUT2D eigenvalue weighted by Crippen LogP contribution is 2.47. The average Bonchev–Trinajstić information content (AvgIpc) is 3.76. The second-order valence-electron chi connectivity index (χ2n) is 13.1. The standard InChI is InChI=1S/C35H34FN7O3/c1-2-25-29(36)6-3-21-13-24(44)14-26(30(21)25)28-16-38-32-31(27(28)15-37)40-34(41-33(32)43-17-22-4-5-23(18-43)39-22)46-20-35(7-8-35)19-42-9-11-45-12-10-42/h1,3,6,13-14,16,22-23,39,44H,4-5,7-12,17-20H2. The number of aromatic nitrogens is 3. The lowest BCUT2D eigenvalue weighted by Gasteiger charge is -2.34. The van der Waals surface area contributed by atoms with Crippen LogP contribution in [-0.2, 0) is 4.74 Å². The van der Waals surface area contributed by atoms with Gasteiger partial charge in [0, 0.05) is 67.4 Å². The van der Waals surface area contributed by atoms with Gasteiger partial charge in [0.15, 0.2) is 5.82 Å². The van der Waals surface area contributed by atoms with Crippen molar-refractivity contribution in [3.63, 3.8) is 0 Å². The van der Waals surface area contributed by atoms with Gasteiger partial charge in [0.1, 0.15) is 28.7 Å². The largest absolute Gasteiger partial charge is 0.508 e. The molecule has 0 amide bonds. The fraction of sp³-hybridized carbons (Fsp3) is 0.429. The van der Waals surface area contributed by atoms with Gasteiger partial charge < -0.3 is 24.8 Å². The van der Waals surface area contributed by atoms with E-state index in [2.05, 4.69) is 27.1 Å². The summed E-state index contributed by atoms with van der Waals surface area (Å²) in [5.41, 5.74) is 1.95. The molecule has 11 heteroatoms. The van der Waals surface area contributed by atoms with Crippen molar-refractivity contribution in [2.75, 3.05) is 57.4 Å². The molecule has 4 fully saturated rings. The fourth-order valence-electron chi connectivity index (χ4n) is 7.36. The van der Waals surface area contributed by atoms with Gasteiger partial charge in [-0.05, 0) is 54.8 Å². The third-order valence-electron chi connectivity index (χ3n) is 9.92. The number of nitrogens with one attached hydrogen (secondary N) is 1. The summed E-state index contributed by atoms with van der Waals surface area (Å²) in [7, 11) is 0. The number of ether oxygens (including phenoxy) is 2. The van der Waals surface area contributed by atoms with Crippen molar-refractivity contribution in [2.24, 2.45) is 5.41 Å². The molecule has 0 spiro atoms. The van der Waals surface area contributed by atoms with E-state index in [1.165, 1.54) is 18.2 Å². The topological polar surface area (TPSA) is 120 Å². The first kappa shape index (κ1) is 28.9. The molecule has 2 N–H and O–H groups in total. The molecule has 1 aliphatic carbocycles. The number of morpholine rings is 1. The molecule has 1 saturated carbocycles. The van der Waals surface area contributed by atoms with E-state index in [4.69, 9.17) is 30.8 Å².